The van der Waals surface area contributed by atoms with Gasteiger partial charge in [-0.2, -0.15) is 0 Å². The van der Waals surface area contributed by atoms with Crippen LogP contribution in [-0.4, -0.2) is 73.4 Å². The van der Waals surface area contributed by atoms with Gasteiger partial charge in [0.05, 0.1) is 11.1 Å². The van der Waals surface area contributed by atoms with Crippen LogP contribution in [0.2, 0.25) is 0 Å². The van der Waals surface area contributed by atoms with Crippen molar-refractivity contribution in [2.45, 2.75) is 6.92 Å². The Balaban J connectivity index is 1.66. The van der Waals surface area contributed by atoms with Crippen LogP contribution < -0.4 is 10.2 Å². The van der Waals surface area contributed by atoms with Gasteiger partial charge >= 0.3 is 0 Å². The summed E-state index contributed by atoms with van der Waals surface area (Å²) in [5.74, 6) is -0.358. The van der Waals surface area contributed by atoms with E-state index in [9.17, 15) is 9.59 Å². The van der Waals surface area contributed by atoms with Gasteiger partial charge in [0, 0.05) is 64.0 Å². The van der Waals surface area contributed by atoms with Crippen molar-refractivity contribution in [1.82, 2.24) is 14.8 Å². The molecule has 148 valence electrons. The van der Waals surface area contributed by atoms with Gasteiger partial charge in [0.2, 0.25) is 0 Å². The Labute approximate surface area is 166 Å². The molecule has 2 heterocycles. The molecule has 1 aromatic carbocycles. The lowest BCUT2D eigenvalue weighted by molar-refractivity contribution is 0.0643. The van der Waals surface area contributed by atoms with E-state index in [0.717, 1.165) is 25.3 Å². The van der Waals surface area contributed by atoms with Crippen LogP contribution in [0.4, 0.5) is 11.4 Å². The molecule has 7 heteroatoms. The highest BCUT2D eigenvalue weighted by molar-refractivity contribution is 6.05. The van der Waals surface area contributed by atoms with Crippen molar-refractivity contribution < 1.29 is 9.59 Å². The third kappa shape index (κ3) is 4.67. The van der Waals surface area contributed by atoms with Crippen molar-refractivity contribution >= 4 is 23.2 Å². The smallest absolute Gasteiger partial charge is 0.257 e. The maximum atomic E-state index is 12.8. The molecule has 1 aromatic heterocycles. The minimum atomic E-state index is -0.282. The number of piperazine rings is 1. The van der Waals surface area contributed by atoms with Crippen molar-refractivity contribution in [2.24, 2.45) is 0 Å². The van der Waals surface area contributed by atoms with Crippen LogP contribution in [0, 0.1) is 0 Å². The number of anilines is 2. The summed E-state index contributed by atoms with van der Waals surface area (Å²) in [6.45, 7) is 6.26. The van der Waals surface area contributed by atoms with E-state index in [0.29, 0.717) is 29.9 Å². The normalized spacial score (nSPS) is 14.6. The molecule has 1 N–H and O–H groups in total. The van der Waals surface area contributed by atoms with Gasteiger partial charge in [-0.15, -0.1) is 0 Å². The van der Waals surface area contributed by atoms with E-state index in [4.69, 9.17) is 0 Å². The SMILES string of the molecule is CCN1CCN(C(=O)c2cncc(C(=O)Nc3ccc(N(C)C)cc3)c2)CC1. The molecule has 0 aliphatic carbocycles. The summed E-state index contributed by atoms with van der Waals surface area (Å²) in [4.78, 5) is 35.6. The summed E-state index contributed by atoms with van der Waals surface area (Å²) in [6, 6.07) is 9.18. The Bertz CT molecular complexity index is 827. The molecule has 3 rings (SSSR count). The highest BCUT2D eigenvalue weighted by Crippen LogP contribution is 2.17. The molecule has 1 fully saturated rings. The first-order chi connectivity index (χ1) is 13.5. The van der Waals surface area contributed by atoms with Crippen LogP contribution in [0.25, 0.3) is 0 Å². The number of amides is 2. The molecule has 1 aliphatic heterocycles. The van der Waals surface area contributed by atoms with Crippen molar-refractivity contribution in [3.05, 3.63) is 53.9 Å². The standard InChI is InChI=1S/C21H27N5O2/c1-4-25-9-11-26(12-10-25)21(28)17-13-16(14-22-15-17)20(27)23-18-5-7-19(8-6-18)24(2)3/h5-8,13-15H,4,9-12H2,1-3H3,(H,23,27). The fourth-order valence-corrected chi connectivity index (χ4v) is 3.18. The molecule has 1 aliphatic rings. The van der Waals surface area contributed by atoms with Gasteiger partial charge < -0.3 is 20.0 Å². The van der Waals surface area contributed by atoms with Gasteiger partial charge in [-0.3, -0.25) is 14.6 Å². The number of carbonyl (C=O) groups excluding carboxylic acids is 2. The quantitative estimate of drug-likeness (QED) is 0.860. The fraction of sp³-hybridized carbons (Fsp3) is 0.381. The molecule has 0 bridgehead atoms. The summed E-state index contributed by atoms with van der Waals surface area (Å²) < 4.78 is 0. The summed E-state index contributed by atoms with van der Waals surface area (Å²) in [5, 5.41) is 2.85. The van der Waals surface area contributed by atoms with Gasteiger partial charge in [0.1, 0.15) is 0 Å². The molecule has 0 spiro atoms. The van der Waals surface area contributed by atoms with E-state index >= 15 is 0 Å². The molecule has 2 aromatic rings. The third-order valence-corrected chi connectivity index (χ3v) is 5.00. The lowest BCUT2D eigenvalue weighted by Gasteiger charge is -2.34. The highest BCUT2D eigenvalue weighted by atomic mass is 16.2. The summed E-state index contributed by atoms with van der Waals surface area (Å²) in [5.41, 5.74) is 2.56. The molecular weight excluding hydrogens is 354 g/mol. The molecule has 7 nitrogen and oxygen atoms in total. The number of hydrogen-bond acceptors (Lipinski definition) is 5. The van der Waals surface area contributed by atoms with Gasteiger partial charge in [0.15, 0.2) is 0 Å². The first-order valence-corrected chi connectivity index (χ1v) is 9.53. The molecule has 0 radical (unpaired) electrons. The van der Waals surface area contributed by atoms with Crippen molar-refractivity contribution in [1.29, 1.82) is 0 Å². The second kappa shape index (κ2) is 8.84. The van der Waals surface area contributed by atoms with E-state index in [1.807, 2.05) is 48.2 Å². The van der Waals surface area contributed by atoms with Crippen LogP contribution in [0.15, 0.2) is 42.7 Å². The number of nitrogens with one attached hydrogen (secondary N) is 1. The first kappa shape index (κ1) is 19.8. The zero-order valence-electron chi connectivity index (χ0n) is 16.7. The Morgan fingerprint density at radius 2 is 1.68 bits per heavy atom. The molecule has 28 heavy (non-hydrogen) atoms. The van der Waals surface area contributed by atoms with Crippen LogP contribution in [0.3, 0.4) is 0 Å². The maximum Gasteiger partial charge on any atom is 0.257 e. The van der Waals surface area contributed by atoms with E-state index in [1.54, 1.807) is 6.07 Å². The van der Waals surface area contributed by atoms with Crippen molar-refractivity contribution in [3.8, 4) is 0 Å². The number of carbonyl (C=O) groups is 2. The lowest BCUT2D eigenvalue weighted by atomic mass is 10.1. The summed E-state index contributed by atoms with van der Waals surface area (Å²) >= 11 is 0. The summed E-state index contributed by atoms with van der Waals surface area (Å²) in [6.07, 6.45) is 3.01. The monoisotopic (exact) mass is 381 g/mol. The van der Waals surface area contributed by atoms with Crippen molar-refractivity contribution in [3.63, 3.8) is 0 Å². The maximum absolute atomic E-state index is 12.8. The number of benzene rings is 1. The zero-order chi connectivity index (χ0) is 20.1. The number of pyridine rings is 1. The number of aromatic nitrogens is 1. The predicted octanol–water partition coefficient (Wildman–Crippen LogP) is 2.18. The molecule has 0 saturated carbocycles. The Kier molecular flexibility index (Phi) is 6.26. The second-order valence-electron chi connectivity index (χ2n) is 7.08. The van der Waals surface area contributed by atoms with Gasteiger partial charge in [-0.05, 0) is 36.9 Å². The van der Waals surface area contributed by atoms with Crippen LogP contribution in [-0.2, 0) is 0 Å². The average molecular weight is 381 g/mol. The Morgan fingerprint density at radius 3 is 2.29 bits per heavy atom. The average Bonchev–Trinajstić information content (AvgIpc) is 2.73. The zero-order valence-corrected chi connectivity index (χ0v) is 16.7. The van der Waals surface area contributed by atoms with Crippen LogP contribution in [0.1, 0.15) is 27.6 Å². The topological polar surface area (TPSA) is 68.8 Å². The van der Waals surface area contributed by atoms with Crippen LogP contribution >= 0.6 is 0 Å². The molecule has 2 amide bonds. The molecular formula is C21H27N5O2. The van der Waals surface area contributed by atoms with E-state index in [2.05, 4.69) is 22.1 Å². The lowest BCUT2D eigenvalue weighted by Crippen LogP contribution is -2.48. The molecule has 0 atom stereocenters. The Morgan fingerprint density at radius 1 is 1.04 bits per heavy atom. The predicted molar refractivity (Wildman–Crippen MR) is 111 cm³/mol. The Hall–Kier alpha value is -2.93. The van der Waals surface area contributed by atoms with E-state index in [-0.39, 0.29) is 11.8 Å². The molecule has 1 saturated heterocycles. The number of hydrogen-bond donors (Lipinski definition) is 1. The number of likely N-dealkylation sites (N-methyl/N-ethyl adjacent to an activating group) is 1. The third-order valence-electron chi connectivity index (χ3n) is 5.00. The molecule has 0 unspecified atom stereocenters. The number of nitrogens with zero attached hydrogens (tertiary/aromatic N) is 4. The fourth-order valence-electron chi connectivity index (χ4n) is 3.18. The summed E-state index contributed by atoms with van der Waals surface area (Å²) in [7, 11) is 3.92. The van der Waals surface area contributed by atoms with Gasteiger partial charge in [-0.25, -0.2) is 0 Å². The number of rotatable bonds is 5. The van der Waals surface area contributed by atoms with Gasteiger partial charge in [-0.1, -0.05) is 6.92 Å². The minimum absolute atomic E-state index is 0.0757. The minimum Gasteiger partial charge on any atom is -0.378 e. The van der Waals surface area contributed by atoms with Crippen LogP contribution in [0.5, 0.6) is 0 Å². The van der Waals surface area contributed by atoms with Crippen molar-refractivity contribution in [2.75, 3.05) is 57.0 Å². The first-order valence-electron chi connectivity index (χ1n) is 9.53. The van der Waals surface area contributed by atoms with E-state index in [1.165, 1.54) is 12.4 Å². The van der Waals surface area contributed by atoms with Gasteiger partial charge in [0.25, 0.3) is 11.8 Å². The largest absolute Gasteiger partial charge is 0.378 e. The highest BCUT2D eigenvalue weighted by Gasteiger charge is 2.22. The second-order valence-corrected chi connectivity index (χ2v) is 7.08. The van der Waals surface area contributed by atoms with E-state index < -0.39 is 0 Å².